The van der Waals surface area contributed by atoms with Gasteiger partial charge in [-0.2, -0.15) is 0 Å². The van der Waals surface area contributed by atoms with Gasteiger partial charge >= 0.3 is 5.97 Å². The van der Waals surface area contributed by atoms with E-state index < -0.39 is 29.1 Å². The second kappa shape index (κ2) is 9.14. The lowest BCUT2D eigenvalue weighted by molar-refractivity contribution is 0.0691. The average Bonchev–Trinajstić information content (AvgIpc) is 2.71. The fourth-order valence-electron chi connectivity index (χ4n) is 3.18. The highest BCUT2D eigenvalue weighted by molar-refractivity contribution is 6.30. The van der Waals surface area contributed by atoms with Crippen molar-refractivity contribution in [1.29, 1.82) is 0 Å². The number of carbonyl (C=O) groups excluding carboxylic acids is 1. The molecule has 5 nitrogen and oxygen atoms in total. The zero-order valence-corrected chi connectivity index (χ0v) is 17.4. The zero-order chi connectivity index (χ0) is 22.7. The van der Waals surface area contributed by atoms with Crippen LogP contribution in [0.3, 0.4) is 0 Å². The molecule has 0 bridgehead atoms. The lowest BCUT2D eigenvalue weighted by Gasteiger charge is -2.14. The van der Waals surface area contributed by atoms with E-state index in [0.29, 0.717) is 28.0 Å². The van der Waals surface area contributed by atoms with Crippen LogP contribution in [0.1, 0.15) is 31.8 Å². The van der Waals surface area contributed by atoms with Crippen LogP contribution in [-0.4, -0.2) is 24.1 Å². The third-order valence-corrected chi connectivity index (χ3v) is 4.99. The number of amides is 1. The number of aromatic carboxylic acids is 1. The summed E-state index contributed by atoms with van der Waals surface area (Å²) in [6.45, 7) is 1.68. The first kappa shape index (κ1) is 22.2. The average molecular weight is 446 g/mol. The predicted octanol–water partition coefficient (Wildman–Crippen LogP) is 5.23. The summed E-state index contributed by atoms with van der Waals surface area (Å²) in [7, 11) is 1.46. The predicted molar refractivity (Wildman–Crippen MR) is 113 cm³/mol. The first-order chi connectivity index (χ1) is 14.7. The van der Waals surface area contributed by atoms with E-state index in [0.717, 1.165) is 12.1 Å². The summed E-state index contributed by atoms with van der Waals surface area (Å²) >= 11 is 5.71. The summed E-state index contributed by atoms with van der Waals surface area (Å²) in [5, 5.41) is 12.0. The van der Waals surface area contributed by atoms with Crippen molar-refractivity contribution in [3.63, 3.8) is 0 Å². The van der Waals surface area contributed by atoms with E-state index in [-0.39, 0.29) is 17.1 Å². The van der Waals surface area contributed by atoms with E-state index in [2.05, 4.69) is 5.32 Å². The van der Waals surface area contributed by atoms with Gasteiger partial charge in [0.25, 0.3) is 5.91 Å². The maximum absolute atomic E-state index is 14.0. The molecule has 0 saturated heterocycles. The molecule has 0 aliphatic carbocycles. The minimum absolute atomic E-state index is 0.0178. The monoisotopic (exact) mass is 445 g/mol. The van der Waals surface area contributed by atoms with Gasteiger partial charge in [-0.3, -0.25) is 4.79 Å². The van der Waals surface area contributed by atoms with Gasteiger partial charge in [-0.05, 0) is 66.1 Å². The van der Waals surface area contributed by atoms with E-state index in [4.69, 9.17) is 16.3 Å². The fraction of sp³-hybridized carbons (Fsp3) is 0.130. The molecule has 2 N–H and O–H groups in total. The van der Waals surface area contributed by atoms with Crippen LogP contribution in [0.15, 0.2) is 48.5 Å². The van der Waals surface area contributed by atoms with Crippen molar-refractivity contribution in [2.45, 2.75) is 13.5 Å². The Labute approximate surface area is 182 Å². The van der Waals surface area contributed by atoms with Crippen molar-refractivity contribution in [3.05, 3.63) is 87.4 Å². The Morgan fingerprint density at radius 2 is 1.74 bits per heavy atom. The Bertz CT molecular complexity index is 1180. The SMILES string of the molecule is COc1ccc(-c2cc(C(=O)O)c(F)cc2C)cc1CNC(=O)c1ccc(Cl)cc1F. The molecule has 1 amide bonds. The van der Waals surface area contributed by atoms with Crippen LogP contribution in [-0.2, 0) is 6.54 Å². The second-order valence-corrected chi connectivity index (χ2v) is 7.22. The first-order valence-electron chi connectivity index (χ1n) is 9.15. The molecule has 0 atom stereocenters. The number of carbonyl (C=O) groups is 2. The van der Waals surface area contributed by atoms with Crippen molar-refractivity contribution in [1.82, 2.24) is 5.32 Å². The number of rotatable bonds is 6. The van der Waals surface area contributed by atoms with Gasteiger partial charge in [0.1, 0.15) is 17.4 Å². The van der Waals surface area contributed by atoms with Crippen molar-refractivity contribution < 1.29 is 28.2 Å². The summed E-state index contributed by atoms with van der Waals surface area (Å²) in [6, 6.07) is 11.2. The van der Waals surface area contributed by atoms with Crippen LogP contribution in [0.4, 0.5) is 8.78 Å². The van der Waals surface area contributed by atoms with Gasteiger partial charge in [-0.15, -0.1) is 0 Å². The third-order valence-electron chi connectivity index (χ3n) is 4.75. The molecular weight excluding hydrogens is 428 g/mol. The van der Waals surface area contributed by atoms with Crippen LogP contribution in [0.2, 0.25) is 5.02 Å². The van der Waals surface area contributed by atoms with Crippen LogP contribution in [0.5, 0.6) is 5.75 Å². The maximum Gasteiger partial charge on any atom is 0.338 e. The Balaban J connectivity index is 1.92. The summed E-state index contributed by atoms with van der Waals surface area (Å²) in [5.74, 6) is -3.09. The van der Waals surface area contributed by atoms with Gasteiger partial charge in [0.15, 0.2) is 0 Å². The quantitative estimate of drug-likeness (QED) is 0.544. The summed E-state index contributed by atoms with van der Waals surface area (Å²) in [6.07, 6.45) is 0. The molecule has 3 rings (SSSR count). The maximum atomic E-state index is 14.0. The van der Waals surface area contributed by atoms with E-state index in [1.54, 1.807) is 25.1 Å². The van der Waals surface area contributed by atoms with E-state index in [9.17, 15) is 23.5 Å². The molecule has 0 spiro atoms. The number of hydrogen-bond acceptors (Lipinski definition) is 3. The Kier molecular flexibility index (Phi) is 6.56. The molecule has 160 valence electrons. The standard InChI is InChI=1S/C23H18ClF2NO4/c1-12-7-19(25)18(23(29)30)10-17(12)13-3-6-21(31-2)14(8-13)11-27-22(28)16-5-4-15(24)9-20(16)26/h3-10H,11H2,1-2H3,(H,27,28)(H,29,30). The highest BCUT2D eigenvalue weighted by Crippen LogP contribution is 2.30. The van der Waals surface area contributed by atoms with E-state index >= 15 is 0 Å². The van der Waals surface area contributed by atoms with Crippen LogP contribution in [0, 0.1) is 18.6 Å². The Morgan fingerprint density at radius 3 is 2.39 bits per heavy atom. The molecule has 0 heterocycles. The highest BCUT2D eigenvalue weighted by Gasteiger charge is 2.17. The normalized spacial score (nSPS) is 10.6. The minimum atomic E-state index is -1.37. The topological polar surface area (TPSA) is 75.6 Å². The summed E-state index contributed by atoms with van der Waals surface area (Å²) in [4.78, 5) is 23.7. The van der Waals surface area contributed by atoms with Crippen molar-refractivity contribution in [3.8, 4) is 16.9 Å². The third kappa shape index (κ3) is 4.83. The van der Waals surface area contributed by atoms with Gasteiger partial charge < -0.3 is 15.2 Å². The lowest BCUT2D eigenvalue weighted by atomic mass is 9.96. The summed E-state index contributed by atoms with van der Waals surface area (Å²) < 4.78 is 33.3. The van der Waals surface area contributed by atoms with Gasteiger partial charge in [0.05, 0.1) is 18.2 Å². The number of ether oxygens (including phenoxy) is 1. The van der Waals surface area contributed by atoms with Gasteiger partial charge in [-0.1, -0.05) is 17.7 Å². The first-order valence-corrected chi connectivity index (χ1v) is 9.53. The number of nitrogens with one attached hydrogen (secondary N) is 1. The van der Waals surface area contributed by atoms with Crippen molar-refractivity contribution in [2.75, 3.05) is 7.11 Å². The largest absolute Gasteiger partial charge is 0.496 e. The molecule has 0 aromatic heterocycles. The Morgan fingerprint density at radius 1 is 1.03 bits per heavy atom. The molecule has 3 aromatic rings. The second-order valence-electron chi connectivity index (χ2n) is 6.79. The molecule has 0 fully saturated rings. The number of methoxy groups -OCH3 is 1. The molecule has 8 heteroatoms. The number of aryl methyl sites for hydroxylation is 1. The Hall–Kier alpha value is -3.45. The van der Waals surface area contributed by atoms with Crippen molar-refractivity contribution in [2.24, 2.45) is 0 Å². The summed E-state index contributed by atoms with van der Waals surface area (Å²) in [5.41, 5.74) is 1.67. The van der Waals surface area contributed by atoms with E-state index in [1.807, 2.05) is 0 Å². The van der Waals surface area contributed by atoms with Gasteiger partial charge in [-0.25, -0.2) is 13.6 Å². The van der Waals surface area contributed by atoms with Gasteiger partial charge in [0, 0.05) is 17.1 Å². The van der Waals surface area contributed by atoms with Crippen LogP contribution >= 0.6 is 11.6 Å². The molecule has 0 aliphatic rings. The highest BCUT2D eigenvalue weighted by atomic mass is 35.5. The molecule has 0 radical (unpaired) electrons. The number of benzene rings is 3. The number of halogens is 3. The van der Waals surface area contributed by atoms with Crippen LogP contribution < -0.4 is 10.1 Å². The molecule has 31 heavy (non-hydrogen) atoms. The zero-order valence-electron chi connectivity index (χ0n) is 16.6. The van der Waals surface area contributed by atoms with Crippen molar-refractivity contribution >= 4 is 23.5 Å². The number of hydrogen-bond donors (Lipinski definition) is 2. The molecular formula is C23H18ClF2NO4. The van der Waals surface area contributed by atoms with Gasteiger partial charge in [0.2, 0.25) is 0 Å². The fourth-order valence-corrected chi connectivity index (χ4v) is 3.34. The molecule has 0 saturated carbocycles. The molecule has 0 aliphatic heterocycles. The molecule has 0 unspecified atom stereocenters. The lowest BCUT2D eigenvalue weighted by Crippen LogP contribution is -2.24. The molecule has 3 aromatic carbocycles. The number of carboxylic acids is 1. The van der Waals surface area contributed by atoms with Crippen LogP contribution in [0.25, 0.3) is 11.1 Å². The van der Waals surface area contributed by atoms with E-state index in [1.165, 1.54) is 25.3 Å². The smallest absolute Gasteiger partial charge is 0.338 e. The minimum Gasteiger partial charge on any atom is -0.496 e. The number of carboxylic acid groups (broad SMARTS) is 1.